The highest BCUT2D eigenvalue weighted by molar-refractivity contribution is 5.26. The first-order valence-electron chi connectivity index (χ1n) is 5.57. The monoisotopic (exact) mass is 176 g/mol. The third-order valence-corrected chi connectivity index (χ3v) is 4.07. The minimum absolute atomic E-state index is 0.736. The Bertz CT molecular complexity index is 239. The summed E-state index contributed by atoms with van der Waals surface area (Å²) in [6.07, 6.45) is 12.1. The Kier molecular flexibility index (Phi) is 2.31. The summed E-state index contributed by atoms with van der Waals surface area (Å²) in [5.74, 6) is 0. The van der Waals surface area contributed by atoms with Crippen molar-refractivity contribution in [3.63, 3.8) is 0 Å². The van der Waals surface area contributed by atoms with Gasteiger partial charge in [-0.2, -0.15) is 0 Å². The summed E-state index contributed by atoms with van der Waals surface area (Å²) in [5.41, 5.74) is 3.88. The quantitative estimate of drug-likeness (QED) is 0.560. The normalized spacial score (nSPS) is 29.6. The molecule has 0 aliphatic heterocycles. The van der Waals surface area contributed by atoms with E-state index in [1.54, 1.807) is 5.57 Å². The first-order chi connectivity index (χ1) is 6.26. The average molecular weight is 176 g/mol. The van der Waals surface area contributed by atoms with Crippen LogP contribution < -0.4 is 0 Å². The molecule has 0 radical (unpaired) electrons. The third-order valence-electron chi connectivity index (χ3n) is 4.07. The standard InChI is InChI=1S/C13H20/c1-3-11(2)12-6-9-13(10-12)7-4-5-8-13/h3H,1,4-10H2,2H3/b12-11+. The van der Waals surface area contributed by atoms with E-state index in [1.165, 1.54) is 50.5 Å². The van der Waals surface area contributed by atoms with Gasteiger partial charge in [-0.25, -0.2) is 0 Å². The van der Waals surface area contributed by atoms with Crippen molar-refractivity contribution < 1.29 is 0 Å². The molecule has 0 N–H and O–H groups in total. The Hall–Kier alpha value is -0.520. The lowest BCUT2D eigenvalue weighted by molar-refractivity contribution is 0.315. The Morgan fingerprint density at radius 3 is 2.62 bits per heavy atom. The number of hydrogen-bond donors (Lipinski definition) is 0. The van der Waals surface area contributed by atoms with E-state index < -0.39 is 0 Å². The molecular weight excluding hydrogens is 156 g/mol. The zero-order valence-corrected chi connectivity index (χ0v) is 8.73. The molecule has 2 aliphatic rings. The van der Waals surface area contributed by atoms with Crippen molar-refractivity contribution in [2.45, 2.75) is 51.9 Å². The Morgan fingerprint density at radius 2 is 2.00 bits per heavy atom. The lowest BCUT2D eigenvalue weighted by Crippen LogP contribution is -2.09. The van der Waals surface area contributed by atoms with Crippen LogP contribution in [0.5, 0.6) is 0 Å². The van der Waals surface area contributed by atoms with Gasteiger partial charge in [0, 0.05) is 0 Å². The van der Waals surface area contributed by atoms with Gasteiger partial charge < -0.3 is 0 Å². The van der Waals surface area contributed by atoms with E-state index in [9.17, 15) is 0 Å². The Morgan fingerprint density at radius 1 is 1.31 bits per heavy atom. The van der Waals surface area contributed by atoms with Gasteiger partial charge in [0.15, 0.2) is 0 Å². The van der Waals surface area contributed by atoms with E-state index in [4.69, 9.17) is 0 Å². The van der Waals surface area contributed by atoms with Gasteiger partial charge in [0.1, 0.15) is 0 Å². The molecular formula is C13H20. The third kappa shape index (κ3) is 1.59. The minimum atomic E-state index is 0.736. The zero-order valence-electron chi connectivity index (χ0n) is 8.73. The average Bonchev–Trinajstić information content (AvgIpc) is 2.76. The van der Waals surface area contributed by atoms with E-state index in [2.05, 4.69) is 13.5 Å². The van der Waals surface area contributed by atoms with Crippen LogP contribution in [0.3, 0.4) is 0 Å². The van der Waals surface area contributed by atoms with Crippen LogP contribution in [-0.4, -0.2) is 0 Å². The van der Waals surface area contributed by atoms with Crippen LogP contribution in [0.1, 0.15) is 51.9 Å². The van der Waals surface area contributed by atoms with Gasteiger partial charge >= 0.3 is 0 Å². The highest BCUT2D eigenvalue weighted by Gasteiger charge is 2.38. The topological polar surface area (TPSA) is 0 Å². The summed E-state index contributed by atoms with van der Waals surface area (Å²) >= 11 is 0. The van der Waals surface area contributed by atoms with Gasteiger partial charge in [-0.15, -0.1) is 0 Å². The van der Waals surface area contributed by atoms with Crippen molar-refractivity contribution in [2.24, 2.45) is 5.41 Å². The molecule has 0 aromatic heterocycles. The molecule has 0 aromatic rings. The van der Waals surface area contributed by atoms with Gasteiger partial charge in [0.2, 0.25) is 0 Å². The van der Waals surface area contributed by atoms with Crippen molar-refractivity contribution >= 4 is 0 Å². The van der Waals surface area contributed by atoms with Crippen LogP contribution >= 0.6 is 0 Å². The smallest absolute Gasteiger partial charge is 0.0257 e. The van der Waals surface area contributed by atoms with Crippen LogP contribution in [0.15, 0.2) is 23.8 Å². The predicted molar refractivity (Wildman–Crippen MR) is 57.6 cm³/mol. The fourth-order valence-electron chi connectivity index (χ4n) is 3.08. The molecule has 2 saturated carbocycles. The van der Waals surface area contributed by atoms with Gasteiger partial charge in [0.25, 0.3) is 0 Å². The number of rotatable bonds is 1. The fraction of sp³-hybridized carbons (Fsp3) is 0.692. The van der Waals surface area contributed by atoms with E-state index in [-0.39, 0.29) is 0 Å². The maximum absolute atomic E-state index is 3.86. The summed E-state index contributed by atoms with van der Waals surface area (Å²) in [6.45, 7) is 6.08. The summed E-state index contributed by atoms with van der Waals surface area (Å²) < 4.78 is 0. The van der Waals surface area contributed by atoms with E-state index in [0.717, 1.165) is 5.41 Å². The summed E-state index contributed by atoms with van der Waals surface area (Å²) in [4.78, 5) is 0. The maximum atomic E-state index is 3.86. The molecule has 0 nitrogen and oxygen atoms in total. The minimum Gasteiger partial charge on any atom is -0.0988 e. The molecule has 72 valence electrons. The largest absolute Gasteiger partial charge is 0.0988 e. The molecule has 0 heterocycles. The molecule has 0 bridgehead atoms. The molecule has 0 aromatic carbocycles. The lowest BCUT2D eigenvalue weighted by atomic mass is 9.84. The van der Waals surface area contributed by atoms with Crippen molar-refractivity contribution in [1.82, 2.24) is 0 Å². The number of allylic oxidation sites excluding steroid dienone is 3. The molecule has 1 spiro atoms. The summed E-state index contributed by atoms with van der Waals surface area (Å²) in [6, 6.07) is 0. The van der Waals surface area contributed by atoms with E-state index in [0.29, 0.717) is 0 Å². The second kappa shape index (κ2) is 3.32. The molecule has 0 heteroatoms. The van der Waals surface area contributed by atoms with Gasteiger partial charge in [-0.3, -0.25) is 0 Å². The molecule has 2 rings (SSSR count). The predicted octanol–water partition coefficient (Wildman–Crippen LogP) is 4.23. The van der Waals surface area contributed by atoms with Crippen molar-refractivity contribution in [2.75, 3.05) is 0 Å². The van der Waals surface area contributed by atoms with Crippen LogP contribution in [0.2, 0.25) is 0 Å². The summed E-state index contributed by atoms with van der Waals surface area (Å²) in [7, 11) is 0. The van der Waals surface area contributed by atoms with Gasteiger partial charge in [-0.1, -0.05) is 36.6 Å². The van der Waals surface area contributed by atoms with E-state index in [1.807, 2.05) is 6.08 Å². The molecule has 0 unspecified atom stereocenters. The molecule has 13 heavy (non-hydrogen) atoms. The molecule has 0 saturated heterocycles. The summed E-state index contributed by atoms with van der Waals surface area (Å²) in [5, 5.41) is 0. The molecule has 0 amide bonds. The zero-order chi connectivity index (χ0) is 9.31. The maximum Gasteiger partial charge on any atom is -0.0257 e. The highest BCUT2D eigenvalue weighted by Crippen LogP contribution is 2.53. The SMILES string of the molecule is C=C/C(C)=C1\CCC2(CCCC2)C1. The van der Waals surface area contributed by atoms with E-state index >= 15 is 0 Å². The van der Waals surface area contributed by atoms with Crippen LogP contribution in [0.25, 0.3) is 0 Å². The van der Waals surface area contributed by atoms with Crippen molar-refractivity contribution in [3.05, 3.63) is 23.8 Å². The first kappa shape index (κ1) is 9.05. The van der Waals surface area contributed by atoms with Crippen LogP contribution in [-0.2, 0) is 0 Å². The second-order valence-corrected chi connectivity index (χ2v) is 4.87. The lowest BCUT2D eigenvalue weighted by Gasteiger charge is -2.21. The molecule has 2 aliphatic carbocycles. The molecule has 2 fully saturated rings. The van der Waals surface area contributed by atoms with Crippen LogP contribution in [0, 0.1) is 5.41 Å². The van der Waals surface area contributed by atoms with Crippen LogP contribution in [0.4, 0.5) is 0 Å². The number of hydrogen-bond acceptors (Lipinski definition) is 0. The van der Waals surface area contributed by atoms with Crippen molar-refractivity contribution in [1.29, 1.82) is 0 Å². The Labute approximate surface area is 81.7 Å². The van der Waals surface area contributed by atoms with Gasteiger partial charge in [-0.05, 0) is 44.4 Å². The fourth-order valence-corrected chi connectivity index (χ4v) is 3.08. The van der Waals surface area contributed by atoms with Crippen molar-refractivity contribution in [3.8, 4) is 0 Å². The highest BCUT2D eigenvalue weighted by atomic mass is 14.4. The molecule has 0 atom stereocenters. The first-order valence-corrected chi connectivity index (χ1v) is 5.57. The Balaban J connectivity index is 2.13. The second-order valence-electron chi connectivity index (χ2n) is 4.87. The van der Waals surface area contributed by atoms with Gasteiger partial charge in [0.05, 0.1) is 0 Å².